The van der Waals surface area contributed by atoms with E-state index in [4.69, 9.17) is 11.6 Å². The van der Waals surface area contributed by atoms with Crippen molar-refractivity contribution < 1.29 is 0 Å². The van der Waals surface area contributed by atoms with Crippen molar-refractivity contribution in [2.24, 2.45) is 5.41 Å². The van der Waals surface area contributed by atoms with Crippen molar-refractivity contribution in [3.05, 3.63) is 23.5 Å². The summed E-state index contributed by atoms with van der Waals surface area (Å²) >= 11 is 7.67. The van der Waals surface area contributed by atoms with Crippen molar-refractivity contribution in [1.29, 1.82) is 0 Å². The van der Waals surface area contributed by atoms with Gasteiger partial charge >= 0.3 is 0 Å². The summed E-state index contributed by atoms with van der Waals surface area (Å²) < 4.78 is 2.07. The maximum atomic E-state index is 6.00. The molecule has 2 rings (SSSR count). The van der Waals surface area contributed by atoms with Gasteiger partial charge in [0.15, 0.2) is 4.96 Å². The third kappa shape index (κ3) is 2.18. The molecule has 1 atom stereocenters. The summed E-state index contributed by atoms with van der Waals surface area (Å²) in [6, 6.07) is 0. The Kier molecular flexibility index (Phi) is 3.03. The van der Waals surface area contributed by atoms with E-state index >= 15 is 0 Å². The van der Waals surface area contributed by atoms with E-state index in [9.17, 15) is 0 Å². The summed E-state index contributed by atoms with van der Waals surface area (Å²) in [5.41, 5.74) is 1.32. The van der Waals surface area contributed by atoms with Crippen LogP contribution in [0.25, 0.3) is 4.96 Å². The van der Waals surface area contributed by atoms with E-state index in [1.165, 1.54) is 0 Å². The van der Waals surface area contributed by atoms with Gasteiger partial charge in [0.1, 0.15) is 0 Å². The lowest BCUT2D eigenvalue weighted by Crippen LogP contribution is -2.20. The molecule has 0 aliphatic carbocycles. The maximum absolute atomic E-state index is 6.00. The van der Waals surface area contributed by atoms with Gasteiger partial charge in [-0.3, -0.25) is 4.40 Å². The van der Waals surface area contributed by atoms with E-state index in [-0.39, 0.29) is 5.41 Å². The highest BCUT2D eigenvalue weighted by Crippen LogP contribution is 2.28. The molecule has 2 nitrogen and oxygen atoms in total. The first kappa shape index (κ1) is 11.0. The highest BCUT2D eigenvalue weighted by atomic mass is 35.5. The van der Waals surface area contributed by atoms with Crippen molar-refractivity contribution in [3.63, 3.8) is 0 Å². The topological polar surface area (TPSA) is 17.3 Å². The van der Waals surface area contributed by atoms with Crippen molar-refractivity contribution in [3.8, 4) is 0 Å². The predicted molar refractivity (Wildman–Crippen MR) is 65.9 cm³/mol. The molecule has 0 saturated carbocycles. The molecule has 0 aliphatic rings. The molecule has 2 heterocycles. The summed E-state index contributed by atoms with van der Waals surface area (Å²) in [6.45, 7) is 4.40. The minimum Gasteiger partial charge on any atom is -0.297 e. The first-order valence-electron chi connectivity index (χ1n) is 5.14. The lowest BCUT2D eigenvalue weighted by molar-refractivity contribution is 0.352. The highest BCUT2D eigenvalue weighted by molar-refractivity contribution is 7.15. The zero-order chi connectivity index (χ0) is 10.9. The SMILES string of the molecule is CCC(C)(CCl)Cc1cn2ccsc2n1. The Morgan fingerprint density at radius 1 is 1.60 bits per heavy atom. The maximum Gasteiger partial charge on any atom is 0.193 e. The summed E-state index contributed by atoms with van der Waals surface area (Å²) in [4.78, 5) is 5.64. The molecule has 0 bridgehead atoms. The molecule has 0 aromatic carbocycles. The van der Waals surface area contributed by atoms with Gasteiger partial charge in [-0.2, -0.15) is 0 Å². The lowest BCUT2D eigenvalue weighted by Gasteiger charge is -2.23. The van der Waals surface area contributed by atoms with Crippen LogP contribution in [0, 0.1) is 5.41 Å². The molecule has 15 heavy (non-hydrogen) atoms. The van der Waals surface area contributed by atoms with Crippen LogP contribution in [-0.2, 0) is 6.42 Å². The molecule has 0 fully saturated rings. The van der Waals surface area contributed by atoms with Crippen molar-refractivity contribution in [2.45, 2.75) is 26.7 Å². The van der Waals surface area contributed by atoms with E-state index in [1.807, 2.05) is 11.6 Å². The summed E-state index contributed by atoms with van der Waals surface area (Å²) in [5, 5.41) is 2.05. The minimum atomic E-state index is 0.172. The van der Waals surface area contributed by atoms with Gasteiger partial charge in [0.05, 0.1) is 5.69 Å². The third-order valence-corrected chi connectivity index (χ3v) is 4.34. The van der Waals surface area contributed by atoms with Crippen LogP contribution in [0.2, 0.25) is 0 Å². The van der Waals surface area contributed by atoms with E-state index in [2.05, 4.69) is 29.4 Å². The van der Waals surface area contributed by atoms with E-state index in [0.29, 0.717) is 5.88 Å². The Bertz CT molecular complexity index is 414. The van der Waals surface area contributed by atoms with Crippen LogP contribution < -0.4 is 0 Å². The van der Waals surface area contributed by atoms with Gasteiger partial charge in [0.25, 0.3) is 0 Å². The molecule has 0 radical (unpaired) electrons. The Morgan fingerprint density at radius 3 is 3.00 bits per heavy atom. The molecule has 1 unspecified atom stereocenters. The largest absolute Gasteiger partial charge is 0.297 e. The molecule has 0 spiro atoms. The predicted octanol–water partition coefficient (Wildman–Crippen LogP) is 3.59. The monoisotopic (exact) mass is 242 g/mol. The summed E-state index contributed by atoms with van der Waals surface area (Å²) in [5.74, 6) is 0.689. The molecule has 2 aromatic rings. The van der Waals surface area contributed by atoms with Gasteiger partial charge < -0.3 is 0 Å². The zero-order valence-electron chi connectivity index (χ0n) is 9.03. The number of hydrogen-bond acceptors (Lipinski definition) is 2. The van der Waals surface area contributed by atoms with E-state index < -0.39 is 0 Å². The number of imidazole rings is 1. The highest BCUT2D eigenvalue weighted by Gasteiger charge is 2.22. The van der Waals surface area contributed by atoms with Gasteiger partial charge in [-0.1, -0.05) is 13.8 Å². The van der Waals surface area contributed by atoms with Gasteiger partial charge in [-0.25, -0.2) is 4.98 Å². The lowest BCUT2D eigenvalue weighted by atomic mass is 9.85. The Hall–Kier alpha value is -0.540. The van der Waals surface area contributed by atoms with Crippen molar-refractivity contribution >= 4 is 27.9 Å². The second-order valence-corrected chi connectivity index (χ2v) is 5.44. The van der Waals surface area contributed by atoms with Crippen molar-refractivity contribution in [2.75, 3.05) is 5.88 Å². The molecule has 82 valence electrons. The molecule has 4 heteroatoms. The number of rotatable bonds is 4. The smallest absolute Gasteiger partial charge is 0.193 e. The first-order valence-corrected chi connectivity index (χ1v) is 6.55. The second-order valence-electron chi connectivity index (χ2n) is 4.30. The zero-order valence-corrected chi connectivity index (χ0v) is 10.6. The average molecular weight is 243 g/mol. The van der Waals surface area contributed by atoms with Crippen LogP contribution >= 0.6 is 22.9 Å². The van der Waals surface area contributed by atoms with E-state index in [1.54, 1.807) is 11.3 Å². The van der Waals surface area contributed by atoms with Crippen LogP contribution in [0.5, 0.6) is 0 Å². The fourth-order valence-electron chi connectivity index (χ4n) is 1.57. The van der Waals surface area contributed by atoms with Crippen LogP contribution in [0.15, 0.2) is 17.8 Å². The molecule has 0 aliphatic heterocycles. The van der Waals surface area contributed by atoms with Crippen LogP contribution in [0.1, 0.15) is 26.0 Å². The normalized spacial score (nSPS) is 15.7. The number of thiazole rings is 1. The third-order valence-electron chi connectivity index (χ3n) is 2.93. The number of fused-ring (bicyclic) bond motifs is 1. The number of hydrogen-bond donors (Lipinski definition) is 0. The number of nitrogens with zero attached hydrogens (tertiary/aromatic N) is 2. The molecule has 0 saturated heterocycles. The molecular weight excluding hydrogens is 228 g/mol. The molecule has 0 N–H and O–H groups in total. The Morgan fingerprint density at radius 2 is 2.40 bits per heavy atom. The van der Waals surface area contributed by atoms with Gasteiger partial charge in [-0.15, -0.1) is 22.9 Å². The number of halogens is 1. The standard InChI is InChI=1S/C11H15ClN2S/c1-3-11(2,8-12)6-9-7-14-4-5-15-10(14)13-9/h4-5,7H,3,6,8H2,1-2H3. The number of alkyl halides is 1. The van der Waals surface area contributed by atoms with Gasteiger partial charge in [0.2, 0.25) is 0 Å². The second kappa shape index (κ2) is 4.14. The quantitative estimate of drug-likeness (QED) is 0.749. The molecular formula is C11H15ClN2S. The Labute approximate surface area is 98.9 Å². The molecule has 0 amide bonds. The van der Waals surface area contributed by atoms with E-state index in [0.717, 1.165) is 23.5 Å². The summed E-state index contributed by atoms with van der Waals surface area (Å²) in [6.07, 6.45) is 6.19. The van der Waals surface area contributed by atoms with Crippen molar-refractivity contribution in [1.82, 2.24) is 9.38 Å². The molecule has 2 aromatic heterocycles. The number of aromatic nitrogens is 2. The Balaban J connectivity index is 2.21. The van der Waals surface area contributed by atoms with Crippen LogP contribution in [0.4, 0.5) is 0 Å². The minimum absolute atomic E-state index is 0.172. The summed E-state index contributed by atoms with van der Waals surface area (Å²) in [7, 11) is 0. The van der Waals surface area contributed by atoms with Gasteiger partial charge in [0, 0.05) is 23.7 Å². The first-order chi connectivity index (χ1) is 7.17. The van der Waals surface area contributed by atoms with Gasteiger partial charge in [-0.05, 0) is 18.3 Å². The van der Waals surface area contributed by atoms with Crippen LogP contribution in [0.3, 0.4) is 0 Å². The fraction of sp³-hybridized carbons (Fsp3) is 0.545. The van der Waals surface area contributed by atoms with Crippen LogP contribution in [-0.4, -0.2) is 15.3 Å². The average Bonchev–Trinajstić information content (AvgIpc) is 2.77. The fourth-order valence-corrected chi connectivity index (χ4v) is 2.57.